The van der Waals surface area contributed by atoms with Crippen molar-refractivity contribution in [1.29, 1.82) is 0 Å². The molecule has 4 aromatic rings. The van der Waals surface area contributed by atoms with Gasteiger partial charge in [0.2, 0.25) is 0 Å². The number of carbonyl (C=O) groups is 3. The lowest BCUT2D eigenvalue weighted by atomic mass is 9.84. The van der Waals surface area contributed by atoms with Gasteiger partial charge in [-0.1, -0.05) is 54.6 Å². The number of Topliss-reactive ketones (excluding diaryl/α,β-unsaturated/α-hetero) is 1. The van der Waals surface area contributed by atoms with Crippen LogP contribution in [0.5, 0.6) is 0 Å². The Morgan fingerprint density at radius 3 is 2.42 bits per heavy atom. The average Bonchev–Trinajstić information content (AvgIpc) is 3.59. The molecule has 0 aliphatic heterocycles. The quantitative estimate of drug-likeness (QED) is 0.233. The van der Waals surface area contributed by atoms with Gasteiger partial charge < -0.3 is 10.8 Å². The minimum atomic E-state index is -1.73. The number of thioether (sulfide) groups is 1. The second-order valence-corrected chi connectivity index (χ2v) is 10.8. The Labute approximate surface area is 220 Å². The molecule has 2 aromatic carbocycles. The van der Waals surface area contributed by atoms with Crippen LogP contribution >= 0.6 is 34.4 Å². The number of nitrogens with two attached hydrogens (primary N) is 1. The Kier molecular flexibility index (Phi) is 8.00. The van der Waals surface area contributed by atoms with Crippen molar-refractivity contribution in [3.8, 4) is 10.4 Å². The lowest BCUT2D eigenvalue weighted by Gasteiger charge is -2.29. The van der Waals surface area contributed by atoms with Crippen LogP contribution in [0.15, 0.2) is 77.6 Å². The SMILES string of the molecule is CSC(C[C@](N)(C(=O)O)c1ccccc1)C(=O)c1ccccc1-c1sccc1C(=O)Nc1nccs1. The fraction of sp³-hybridized carbons (Fsp3) is 0.154. The summed E-state index contributed by atoms with van der Waals surface area (Å²) in [7, 11) is 0. The third-order valence-electron chi connectivity index (χ3n) is 5.75. The van der Waals surface area contributed by atoms with Crippen LogP contribution in [-0.4, -0.2) is 39.3 Å². The number of aromatic nitrogens is 1. The first-order valence-corrected chi connectivity index (χ1v) is 13.9. The minimum Gasteiger partial charge on any atom is -0.480 e. The van der Waals surface area contributed by atoms with Crippen LogP contribution in [0.2, 0.25) is 0 Å². The number of hydrogen-bond donors (Lipinski definition) is 3. The number of rotatable bonds is 10. The number of hydrogen-bond acceptors (Lipinski definition) is 8. The molecule has 0 saturated heterocycles. The highest BCUT2D eigenvalue weighted by Gasteiger charge is 2.40. The van der Waals surface area contributed by atoms with Crippen molar-refractivity contribution >= 4 is 57.2 Å². The number of nitrogens with one attached hydrogen (secondary N) is 1. The van der Waals surface area contributed by atoms with E-state index in [1.807, 2.05) is 0 Å². The first kappa shape index (κ1) is 25.8. The molecule has 0 saturated carbocycles. The van der Waals surface area contributed by atoms with E-state index in [9.17, 15) is 19.5 Å². The van der Waals surface area contributed by atoms with Gasteiger partial charge >= 0.3 is 5.97 Å². The van der Waals surface area contributed by atoms with E-state index in [1.165, 1.54) is 34.4 Å². The predicted octanol–water partition coefficient (Wildman–Crippen LogP) is 5.37. The van der Waals surface area contributed by atoms with E-state index in [0.29, 0.717) is 32.3 Å². The van der Waals surface area contributed by atoms with Crippen molar-refractivity contribution in [2.45, 2.75) is 17.2 Å². The van der Waals surface area contributed by atoms with Crippen LogP contribution in [-0.2, 0) is 10.3 Å². The molecule has 0 radical (unpaired) electrons. The molecular weight excluding hydrogens is 515 g/mol. The Balaban J connectivity index is 1.67. The lowest BCUT2D eigenvalue weighted by molar-refractivity contribution is -0.144. The van der Waals surface area contributed by atoms with Crippen LogP contribution in [0.1, 0.15) is 32.7 Å². The summed E-state index contributed by atoms with van der Waals surface area (Å²) in [5.41, 5.74) is 6.53. The van der Waals surface area contributed by atoms with Crippen molar-refractivity contribution < 1.29 is 19.5 Å². The van der Waals surface area contributed by atoms with Crippen LogP contribution in [0.4, 0.5) is 5.13 Å². The highest BCUT2D eigenvalue weighted by Crippen LogP contribution is 2.36. The van der Waals surface area contributed by atoms with E-state index >= 15 is 0 Å². The number of thiophene rings is 1. The Bertz CT molecular complexity index is 1370. The zero-order valence-corrected chi connectivity index (χ0v) is 21.7. The van der Waals surface area contributed by atoms with Crippen molar-refractivity contribution in [3.05, 3.63) is 94.3 Å². The molecule has 36 heavy (non-hydrogen) atoms. The molecule has 2 heterocycles. The van der Waals surface area contributed by atoms with Crippen molar-refractivity contribution in [3.63, 3.8) is 0 Å². The van der Waals surface area contributed by atoms with Crippen LogP contribution < -0.4 is 11.1 Å². The molecule has 1 amide bonds. The van der Waals surface area contributed by atoms with Crippen molar-refractivity contribution in [2.24, 2.45) is 5.73 Å². The summed E-state index contributed by atoms with van der Waals surface area (Å²) in [5, 5.41) is 16.1. The van der Waals surface area contributed by atoms with Gasteiger partial charge in [-0.25, -0.2) is 9.78 Å². The predicted molar refractivity (Wildman–Crippen MR) is 146 cm³/mol. The molecule has 2 aromatic heterocycles. The average molecular weight is 538 g/mol. The number of aliphatic carboxylic acids is 1. The van der Waals surface area contributed by atoms with Gasteiger partial charge in [0, 0.05) is 27.6 Å². The zero-order valence-electron chi connectivity index (χ0n) is 19.2. The molecule has 2 atom stereocenters. The molecule has 0 aliphatic carbocycles. The monoisotopic (exact) mass is 537 g/mol. The number of amides is 1. The number of nitrogens with zero attached hydrogens (tertiary/aromatic N) is 1. The Morgan fingerprint density at radius 2 is 1.75 bits per heavy atom. The fourth-order valence-corrected chi connectivity index (χ4v) is 6.08. The maximum Gasteiger partial charge on any atom is 0.328 e. The molecule has 4 N–H and O–H groups in total. The van der Waals surface area contributed by atoms with Gasteiger partial charge in [-0.15, -0.1) is 22.7 Å². The summed E-state index contributed by atoms with van der Waals surface area (Å²) in [6.07, 6.45) is 3.27. The number of carbonyl (C=O) groups excluding carboxylic acids is 2. The molecular formula is C26H23N3O4S3. The molecule has 0 spiro atoms. The molecule has 0 fully saturated rings. The number of ketones is 1. The minimum absolute atomic E-state index is 0.0947. The molecule has 1 unspecified atom stereocenters. The highest BCUT2D eigenvalue weighted by molar-refractivity contribution is 8.00. The van der Waals surface area contributed by atoms with Gasteiger partial charge in [0.25, 0.3) is 5.91 Å². The summed E-state index contributed by atoms with van der Waals surface area (Å²) < 4.78 is 0. The van der Waals surface area contributed by atoms with Gasteiger partial charge in [-0.3, -0.25) is 14.9 Å². The van der Waals surface area contributed by atoms with Gasteiger partial charge in [-0.05, 0) is 29.7 Å². The largest absolute Gasteiger partial charge is 0.480 e. The molecule has 4 rings (SSSR count). The molecule has 184 valence electrons. The highest BCUT2D eigenvalue weighted by atomic mass is 32.2. The molecule has 0 aliphatic rings. The summed E-state index contributed by atoms with van der Waals surface area (Å²) >= 11 is 3.92. The lowest BCUT2D eigenvalue weighted by Crippen LogP contribution is -2.48. The summed E-state index contributed by atoms with van der Waals surface area (Å²) in [6, 6.07) is 17.3. The Morgan fingerprint density at radius 1 is 1.03 bits per heavy atom. The van der Waals surface area contributed by atoms with Crippen molar-refractivity contribution in [1.82, 2.24) is 4.98 Å². The maximum absolute atomic E-state index is 13.8. The number of carboxylic acid groups (broad SMARTS) is 1. The Hall–Kier alpha value is -3.31. The first-order valence-electron chi connectivity index (χ1n) is 10.9. The van der Waals surface area contributed by atoms with E-state index in [2.05, 4.69) is 10.3 Å². The molecule has 10 heteroatoms. The van der Waals surface area contributed by atoms with Crippen LogP contribution in [0, 0.1) is 0 Å². The fourth-order valence-electron chi connectivity index (χ4n) is 3.86. The maximum atomic E-state index is 13.8. The van der Waals surface area contributed by atoms with E-state index in [0.717, 1.165) is 0 Å². The standard InChI is InChI=1S/C26H23N3O4S3/c1-34-20(15-26(27,24(32)33)16-7-3-2-4-8-16)21(30)17-9-5-6-10-18(17)22-19(11-13-35-22)23(31)29-25-28-12-14-36-25/h2-14,20H,15,27H2,1H3,(H,32,33)(H,28,29,31)/t20?,26-/m1/s1. The second-order valence-electron chi connectivity index (χ2n) is 7.94. The third-order valence-corrected chi connectivity index (χ3v) is 8.34. The smallest absolute Gasteiger partial charge is 0.328 e. The van der Waals surface area contributed by atoms with E-state index < -0.39 is 16.8 Å². The summed E-state index contributed by atoms with van der Waals surface area (Å²) in [5.74, 6) is -1.76. The molecule has 0 bridgehead atoms. The summed E-state index contributed by atoms with van der Waals surface area (Å²) in [4.78, 5) is 43.7. The number of carboxylic acids is 1. The van der Waals surface area contributed by atoms with Gasteiger partial charge in [0.05, 0.1) is 10.8 Å². The zero-order chi connectivity index (χ0) is 25.7. The van der Waals surface area contributed by atoms with Gasteiger partial charge in [0.15, 0.2) is 10.9 Å². The van der Waals surface area contributed by atoms with Gasteiger partial charge in [0.1, 0.15) is 5.54 Å². The number of thiazole rings is 1. The van der Waals surface area contributed by atoms with Crippen LogP contribution in [0.3, 0.4) is 0 Å². The normalized spacial score (nSPS) is 13.5. The van der Waals surface area contributed by atoms with Crippen molar-refractivity contribution in [2.75, 3.05) is 11.6 Å². The van der Waals surface area contributed by atoms with E-state index in [1.54, 1.807) is 83.9 Å². The third kappa shape index (κ3) is 5.26. The second kappa shape index (κ2) is 11.2. The topological polar surface area (TPSA) is 122 Å². The van der Waals surface area contributed by atoms with Gasteiger partial charge in [-0.2, -0.15) is 11.8 Å². The first-order chi connectivity index (χ1) is 17.3. The molecule has 7 nitrogen and oxygen atoms in total. The van der Waals surface area contributed by atoms with E-state index in [-0.39, 0.29) is 18.1 Å². The van der Waals surface area contributed by atoms with Crippen LogP contribution in [0.25, 0.3) is 10.4 Å². The number of benzene rings is 2. The number of anilines is 1. The van der Waals surface area contributed by atoms with E-state index in [4.69, 9.17) is 5.73 Å². The summed E-state index contributed by atoms with van der Waals surface area (Å²) in [6.45, 7) is 0.